The Morgan fingerprint density at radius 3 is 2.71 bits per heavy atom. The number of carboxylic acids is 1. The summed E-state index contributed by atoms with van der Waals surface area (Å²) >= 11 is 1.33. The highest BCUT2D eigenvalue weighted by Gasteiger charge is 2.12. The van der Waals surface area contributed by atoms with Gasteiger partial charge in [0.05, 0.1) is 0 Å². The van der Waals surface area contributed by atoms with Crippen LogP contribution in [0.4, 0.5) is 5.13 Å². The summed E-state index contributed by atoms with van der Waals surface area (Å²) in [4.78, 5) is 15.0. The fourth-order valence-electron chi connectivity index (χ4n) is 1.38. The summed E-state index contributed by atoms with van der Waals surface area (Å²) in [6.07, 6.45) is 1.04. The highest BCUT2D eigenvalue weighted by molar-refractivity contribution is 7.09. The van der Waals surface area contributed by atoms with Gasteiger partial charge in [-0.2, -0.15) is 4.37 Å². The molecule has 1 rings (SSSR count). The molecule has 2 N–H and O–H groups in total. The summed E-state index contributed by atoms with van der Waals surface area (Å²) in [6, 6.07) is 0. The van der Waals surface area contributed by atoms with Crippen molar-refractivity contribution in [2.45, 2.75) is 39.5 Å². The van der Waals surface area contributed by atoms with Gasteiger partial charge in [0.15, 0.2) is 0 Å². The molecule has 0 radical (unpaired) electrons. The van der Waals surface area contributed by atoms with Crippen LogP contribution in [0.5, 0.6) is 0 Å². The average molecular weight is 257 g/mol. The predicted molar refractivity (Wildman–Crippen MR) is 68.5 cm³/mol. The first-order valence-corrected chi connectivity index (χ1v) is 6.59. The van der Waals surface area contributed by atoms with Gasteiger partial charge in [0, 0.05) is 30.4 Å². The first kappa shape index (κ1) is 13.9. The van der Waals surface area contributed by atoms with E-state index in [0.29, 0.717) is 12.5 Å². The Morgan fingerprint density at radius 2 is 2.24 bits per heavy atom. The van der Waals surface area contributed by atoms with Crippen LogP contribution in [0.25, 0.3) is 0 Å². The van der Waals surface area contributed by atoms with Gasteiger partial charge < -0.3 is 10.4 Å². The molecule has 0 aromatic carbocycles. The molecule has 1 unspecified atom stereocenters. The van der Waals surface area contributed by atoms with Gasteiger partial charge in [0.25, 0.3) is 0 Å². The smallest absolute Gasteiger partial charge is 0.303 e. The first-order valence-electron chi connectivity index (χ1n) is 5.82. The van der Waals surface area contributed by atoms with Crippen molar-refractivity contribution in [2.24, 2.45) is 5.92 Å². The minimum Gasteiger partial charge on any atom is -0.481 e. The number of aromatic nitrogens is 2. The van der Waals surface area contributed by atoms with Crippen molar-refractivity contribution >= 4 is 22.6 Å². The van der Waals surface area contributed by atoms with Gasteiger partial charge >= 0.3 is 5.97 Å². The second-order valence-corrected chi connectivity index (χ2v) is 5.12. The molecule has 0 saturated heterocycles. The minimum absolute atomic E-state index is 0.138. The summed E-state index contributed by atoms with van der Waals surface area (Å²) in [5, 5.41) is 12.7. The quantitative estimate of drug-likeness (QED) is 0.785. The molecule has 1 aromatic heterocycles. The lowest BCUT2D eigenvalue weighted by atomic mass is 10.0. The topological polar surface area (TPSA) is 75.1 Å². The number of rotatable bonds is 7. The van der Waals surface area contributed by atoms with Crippen LogP contribution in [-0.2, 0) is 4.79 Å². The molecule has 0 saturated carbocycles. The number of nitrogens with one attached hydrogen (secondary N) is 1. The third kappa shape index (κ3) is 4.68. The van der Waals surface area contributed by atoms with E-state index in [0.717, 1.165) is 17.4 Å². The number of carboxylic acid groups (broad SMARTS) is 1. The van der Waals surface area contributed by atoms with Gasteiger partial charge in [0.1, 0.15) is 5.82 Å². The molecule has 5 nitrogen and oxygen atoms in total. The maximum atomic E-state index is 10.6. The van der Waals surface area contributed by atoms with Crippen molar-refractivity contribution in [3.63, 3.8) is 0 Å². The third-order valence-electron chi connectivity index (χ3n) is 2.54. The lowest BCUT2D eigenvalue weighted by Gasteiger charge is -2.12. The van der Waals surface area contributed by atoms with E-state index in [1.54, 1.807) is 0 Å². The molecule has 1 heterocycles. The molecule has 0 bridgehead atoms. The Bertz CT molecular complexity index is 365. The molecule has 96 valence electrons. The molecule has 0 aliphatic carbocycles. The van der Waals surface area contributed by atoms with E-state index in [2.05, 4.69) is 14.7 Å². The van der Waals surface area contributed by atoms with Crippen LogP contribution in [0.15, 0.2) is 0 Å². The van der Waals surface area contributed by atoms with Gasteiger partial charge in [-0.25, -0.2) is 4.98 Å². The van der Waals surface area contributed by atoms with Crippen LogP contribution >= 0.6 is 11.5 Å². The van der Waals surface area contributed by atoms with Gasteiger partial charge in [-0.1, -0.05) is 27.2 Å². The van der Waals surface area contributed by atoms with Gasteiger partial charge in [-0.05, 0) is 5.92 Å². The lowest BCUT2D eigenvalue weighted by molar-refractivity contribution is -0.138. The molecule has 0 spiro atoms. The largest absolute Gasteiger partial charge is 0.481 e. The Labute approximate surface area is 105 Å². The summed E-state index contributed by atoms with van der Waals surface area (Å²) in [7, 11) is 0. The van der Waals surface area contributed by atoms with Crippen molar-refractivity contribution < 1.29 is 9.90 Å². The molecular formula is C11H19N3O2S. The molecule has 1 atom stereocenters. The van der Waals surface area contributed by atoms with E-state index < -0.39 is 5.97 Å². The molecule has 0 amide bonds. The van der Waals surface area contributed by atoms with Crippen LogP contribution in [0, 0.1) is 5.92 Å². The monoisotopic (exact) mass is 257 g/mol. The fourth-order valence-corrected chi connectivity index (χ4v) is 2.09. The van der Waals surface area contributed by atoms with E-state index >= 15 is 0 Å². The number of hydrogen-bond acceptors (Lipinski definition) is 5. The highest BCUT2D eigenvalue weighted by Crippen LogP contribution is 2.18. The number of hydrogen-bond donors (Lipinski definition) is 2. The van der Waals surface area contributed by atoms with Crippen LogP contribution in [0.1, 0.15) is 45.4 Å². The van der Waals surface area contributed by atoms with Crippen LogP contribution in [0.2, 0.25) is 0 Å². The molecule has 0 fully saturated rings. The van der Waals surface area contributed by atoms with E-state index in [1.807, 2.05) is 20.8 Å². The normalized spacial score (nSPS) is 12.7. The number of carbonyl (C=O) groups is 1. The summed E-state index contributed by atoms with van der Waals surface area (Å²) in [5.74, 6) is 0.546. The summed E-state index contributed by atoms with van der Waals surface area (Å²) in [5.41, 5.74) is 0. The Balaban J connectivity index is 2.45. The number of aliphatic carboxylic acids is 1. The van der Waals surface area contributed by atoms with E-state index in [1.165, 1.54) is 11.5 Å². The SMILES string of the molecule is CCC(CNc1nc(C(C)C)ns1)CC(=O)O. The highest BCUT2D eigenvalue weighted by atomic mass is 32.1. The Hall–Kier alpha value is -1.17. The molecule has 1 aromatic rings. The maximum absolute atomic E-state index is 10.6. The van der Waals surface area contributed by atoms with Crippen LogP contribution in [0.3, 0.4) is 0 Å². The number of anilines is 1. The second-order valence-electron chi connectivity index (χ2n) is 4.37. The van der Waals surface area contributed by atoms with E-state index in [4.69, 9.17) is 5.11 Å². The number of nitrogens with zero attached hydrogens (tertiary/aromatic N) is 2. The lowest BCUT2D eigenvalue weighted by Crippen LogP contribution is -2.17. The molecule has 6 heteroatoms. The van der Waals surface area contributed by atoms with Crippen molar-refractivity contribution in [3.05, 3.63) is 5.82 Å². The van der Waals surface area contributed by atoms with E-state index in [-0.39, 0.29) is 12.3 Å². The average Bonchev–Trinajstić information content (AvgIpc) is 2.72. The Kier molecular flexibility index (Phi) is 5.34. The second kappa shape index (κ2) is 6.54. The van der Waals surface area contributed by atoms with Crippen molar-refractivity contribution in [2.75, 3.05) is 11.9 Å². The summed E-state index contributed by atoms with van der Waals surface area (Å²) in [6.45, 7) is 6.72. The van der Waals surface area contributed by atoms with Gasteiger partial charge in [-0.15, -0.1) is 0 Å². The summed E-state index contributed by atoms with van der Waals surface area (Å²) < 4.78 is 4.23. The zero-order valence-corrected chi connectivity index (χ0v) is 11.3. The first-order chi connectivity index (χ1) is 8.02. The van der Waals surface area contributed by atoms with Crippen molar-refractivity contribution in [3.8, 4) is 0 Å². The van der Waals surface area contributed by atoms with Gasteiger partial charge in [0.2, 0.25) is 5.13 Å². The van der Waals surface area contributed by atoms with Crippen molar-refractivity contribution in [1.29, 1.82) is 0 Å². The molecular weight excluding hydrogens is 238 g/mol. The Morgan fingerprint density at radius 1 is 1.53 bits per heavy atom. The van der Waals surface area contributed by atoms with Crippen molar-refractivity contribution in [1.82, 2.24) is 9.36 Å². The molecule has 17 heavy (non-hydrogen) atoms. The zero-order valence-electron chi connectivity index (χ0n) is 10.4. The maximum Gasteiger partial charge on any atom is 0.303 e. The van der Waals surface area contributed by atoms with E-state index in [9.17, 15) is 4.79 Å². The molecule has 0 aliphatic heterocycles. The van der Waals surface area contributed by atoms with Crippen LogP contribution < -0.4 is 5.32 Å². The minimum atomic E-state index is -0.751. The fraction of sp³-hybridized carbons (Fsp3) is 0.727. The molecule has 0 aliphatic rings. The van der Waals surface area contributed by atoms with Gasteiger partial charge in [-0.3, -0.25) is 4.79 Å². The van der Waals surface area contributed by atoms with Crippen LogP contribution in [-0.4, -0.2) is 27.0 Å². The standard InChI is InChI=1S/C11H19N3O2S/c1-4-8(5-9(15)16)6-12-11-13-10(7(2)3)14-17-11/h7-8H,4-6H2,1-3H3,(H,15,16)(H,12,13,14). The predicted octanol–water partition coefficient (Wildman–Crippen LogP) is 2.57. The zero-order chi connectivity index (χ0) is 12.8. The third-order valence-corrected chi connectivity index (χ3v) is 3.23.